The number of hydrazone groups is 1. The molecular weight excluding hydrogens is 328 g/mol. The Morgan fingerprint density at radius 2 is 1.92 bits per heavy atom. The van der Waals surface area contributed by atoms with Crippen LogP contribution >= 0.6 is 0 Å². The molecule has 4 aromatic rings. The second-order valence-corrected chi connectivity index (χ2v) is 5.71. The molecule has 0 unspecified atom stereocenters. The van der Waals surface area contributed by atoms with Crippen molar-refractivity contribution in [2.45, 2.75) is 6.54 Å². The Morgan fingerprint density at radius 1 is 1.12 bits per heavy atom. The summed E-state index contributed by atoms with van der Waals surface area (Å²) in [6.07, 6.45) is 6.74. The monoisotopic (exact) mass is 344 g/mol. The van der Waals surface area contributed by atoms with Crippen molar-refractivity contribution in [2.24, 2.45) is 5.10 Å². The largest absolute Gasteiger partial charge is 0.321 e. The fourth-order valence-corrected chi connectivity index (χ4v) is 2.63. The maximum atomic E-state index is 12.1. The van der Waals surface area contributed by atoms with Gasteiger partial charge in [0.2, 0.25) is 0 Å². The quantitative estimate of drug-likeness (QED) is 0.446. The molecule has 7 heteroatoms. The van der Waals surface area contributed by atoms with Crippen LogP contribution in [-0.4, -0.2) is 31.5 Å². The molecule has 26 heavy (non-hydrogen) atoms. The Kier molecular flexibility index (Phi) is 4.26. The van der Waals surface area contributed by atoms with Gasteiger partial charge in [0.1, 0.15) is 6.54 Å². The van der Waals surface area contributed by atoms with Gasteiger partial charge in [-0.2, -0.15) is 10.2 Å². The summed E-state index contributed by atoms with van der Waals surface area (Å²) in [6.45, 7) is 0.154. The van der Waals surface area contributed by atoms with Crippen molar-refractivity contribution in [1.82, 2.24) is 24.8 Å². The Labute approximate surface area is 149 Å². The van der Waals surface area contributed by atoms with Crippen LogP contribution in [0.1, 0.15) is 5.56 Å². The molecule has 1 amide bonds. The summed E-state index contributed by atoms with van der Waals surface area (Å²) >= 11 is 0. The van der Waals surface area contributed by atoms with E-state index in [4.69, 9.17) is 0 Å². The van der Waals surface area contributed by atoms with Crippen LogP contribution in [0.3, 0.4) is 0 Å². The van der Waals surface area contributed by atoms with Gasteiger partial charge in [-0.05, 0) is 24.3 Å². The van der Waals surface area contributed by atoms with Crippen LogP contribution in [0.25, 0.3) is 16.7 Å². The number of para-hydroxylation sites is 3. The molecule has 1 N–H and O–H groups in total. The second-order valence-electron chi connectivity index (χ2n) is 5.71. The summed E-state index contributed by atoms with van der Waals surface area (Å²) in [5.41, 5.74) is 6.05. The zero-order valence-electron chi connectivity index (χ0n) is 13.9. The highest BCUT2D eigenvalue weighted by atomic mass is 16.2. The lowest BCUT2D eigenvalue weighted by Crippen LogP contribution is -2.22. The van der Waals surface area contributed by atoms with Crippen LogP contribution in [0, 0.1) is 0 Å². The van der Waals surface area contributed by atoms with Crippen LogP contribution in [0.15, 0.2) is 78.4 Å². The molecule has 2 aromatic heterocycles. The van der Waals surface area contributed by atoms with Crippen LogP contribution in [0.4, 0.5) is 0 Å². The normalized spacial score (nSPS) is 11.2. The van der Waals surface area contributed by atoms with E-state index in [0.717, 1.165) is 22.3 Å². The number of imidazole rings is 1. The molecule has 2 aromatic carbocycles. The van der Waals surface area contributed by atoms with Crippen LogP contribution in [0.2, 0.25) is 0 Å². The van der Waals surface area contributed by atoms with E-state index >= 15 is 0 Å². The Balaban J connectivity index is 1.38. The number of hydrogen-bond acceptors (Lipinski definition) is 4. The lowest BCUT2D eigenvalue weighted by Gasteiger charge is -2.02. The number of aromatic nitrogens is 4. The number of benzene rings is 2. The molecule has 0 aliphatic heterocycles. The highest BCUT2D eigenvalue weighted by Gasteiger charge is 2.06. The van der Waals surface area contributed by atoms with Gasteiger partial charge in [-0.3, -0.25) is 4.79 Å². The van der Waals surface area contributed by atoms with E-state index in [1.54, 1.807) is 28.0 Å². The van der Waals surface area contributed by atoms with Crippen LogP contribution in [-0.2, 0) is 11.3 Å². The number of amides is 1. The van der Waals surface area contributed by atoms with E-state index in [1.165, 1.54) is 0 Å². The summed E-state index contributed by atoms with van der Waals surface area (Å²) in [5, 5.41) is 8.28. The fourth-order valence-electron chi connectivity index (χ4n) is 2.63. The van der Waals surface area contributed by atoms with Crippen LogP contribution in [0.5, 0.6) is 0 Å². The minimum absolute atomic E-state index is 0.154. The van der Waals surface area contributed by atoms with Gasteiger partial charge < -0.3 is 4.57 Å². The lowest BCUT2D eigenvalue weighted by molar-refractivity contribution is -0.121. The fraction of sp³-hybridized carbons (Fsp3) is 0.0526. The molecule has 0 bridgehead atoms. The first-order valence-corrected chi connectivity index (χ1v) is 8.11. The third-order valence-corrected chi connectivity index (χ3v) is 3.87. The van der Waals surface area contributed by atoms with Gasteiger partial charge in [0, 0.05) is 11.8 Å². The van der Waals surface area contributed by atoms with E-state index in [-0.39, 0.29) is 12.5 Å². The van der Waals surface area contributed by atoms with Crippen molar-refractivity contribution in [2.75, 3.05) is 0 Å². The predicted molar refractivity (Wildman–Crippen MR) is 99.0 cm³/mol. The zero-order chi connectivity index (χ0) is 17.8. The number of nitrogens with one attached hydrogen (secondary N) is 1. The number of carbonyl (C=O) groups excluding carboxylic acids is 1. The maximum absolute atomic E-state index is 12.1. The van der Waals surface area contributed by atoms with Crippen molar-refractivity contribution < 1.29 is 4.79 Å². The van der Waals surface area contributed by atoms with E-state index in [2.05, 4.69) is 20.6 Å². The minimum atomic E-state index is -0.222. The van der Waals surface area contributed by atoms with Gasteiger partial charge >= 0.3 is 0 Å². The summed E-state index contributed by atoms with van der Waals surface area (Å²) in [5.74, 6) is -0.222. The highest BCUT2D eigenvalue weighted by molar-refractivity contribution is 5.83. The summed E-state index contributed by atoms with van der Waals surface area (Å²) in [7, 11) is 0. The van der Waals surface area contributed by atoms with Crippen molar-refractivity contribution in [3.05, 3.63) is 78.9 Å². The van der Waals surface area contributed by atoms with Crippen molar-refractivity contribution in [1.29, 1.82) is 0 Å². The van der Waals surface area contributed by atoms with E-state index in [0.29, 0.717) is 0 Å². The van der Waals surface area contributed by atoms with Crippen LogP contribution < -0.4 is 5.43 Å². The standard InChI is InChI=1S/C19H16N6O/c26-19(13-24-14-20-17-8-4-5-9-18(17)24)23-21-10-15-11-22-25(12-15)16-6-2-1-3-7-16/h1-12,14H,13H2,(H,23,26)/b21-10-. The molecule has 7 nitrogen and oxygen atoms in total. The van der Waals surface area contributed by atoms with E-state index < -0.39 is 0 Å². The summed E-state index contributed by atoms with van der Waals surface area (Å²) < 4.78 is 3.54. The number of rotatable bonds is 5. The van der Waals surface area contributed by atoms with Gasteiger partial charge in [-0.15, -0.1) is 0 Å². The number of fused-ring (bicyclic) bond motifs is 1. The molecule has 0 fully saturated rings. The SMILES string of the molecule is O=C(Cn1cnc2ccccc21)N/N=C\c1cnn(-c2ccccc2)c1. The Hall–Kier alpha value is -3.74. The average Bonchev–Trinajstić information content (AvgIpc) is 3.30. The Bertz CT molecular complexity index is 1060. The molecule has 0 aliphatic rings. The van der Waals surface area contributed by atoms with Crippen molar-refractivity contribution >= 4 is 23.2 Å². The Morgan fingerprint density at radius 3 is 2.81 bits per heavy atom. The topological polar surface area (TPSA) is 77.1 Å². The second kappa shape index (κ2) is 7.02. The lowest BCUT2D eigenvalue weighted by atomic mass is 10.3. The third kappa shape index (κ3) is 3.36. The van der Waals surface area contributed by atoms with E-state index in [9.17, 15) is 4.79 Å². The molecule has 128 valence electrons. The number of nitrogens with zero attached hydrogens (tertiary/aromatic N) is 5. The molecule has 0 saturated heterocycles. The molecule has 4 rings (SSSR count). The first-order valence-electron chi connectivity index (χ1n) is 8.11. The predicted octanol–water partition coefficient (Wildman–Crippen LogP) is 2.37. The molecule has 0 aliphatic carbocycles. The van der Waals surface area contributed by atoms with Gasteiger partial charge in [0.15, 0.2) is 0 Å². The summed E-state index contributed by atoms with van der Waals surface area (Å²) in [4.78, 5) is 16.3. The molecule has 0 radical (unpaired) electrons. The van der Waals surface area contributed by atoms with Gasteiger partial charge in [-0.1, -0.05) is 30.3 Å². The third-order valence-electron chi connectivity index (χ3n) is 3.87. The van der Waals surface area contributed by atoms with E-state index in [1.807, 2.05) is 60.8 Å². The number of hydrogen-bond donors (Lipinski definition) is 1. The van der Waals surface area contributed by atoms with Gasteiger partial charge in [0.05, 0.1) is 35.5 Å². The van der Waals surface area contributed by atoms with Gasteiger partial charge in [-0.25, -0.2) is 15.1 Å². The average molecular weight is 344 g/mol. The molecule has 2 heterocycles. The first kappa shape index (κ1) is 15.8. The molecular formula is C19H16N6O. The van der Waals surface area contributed by atoms with Crippen molar-refractivity contribution in [3.63, 3.8) is 0 Å². The maximum Gasteiger partial charge on any atom is 0.260 e. The molecule has 0 spiro atoms. The van der Waals surface area contributed by atoms with Crippen molar-refractivity contribution in [3.8, 4) is 5.69 Å². The highest BCUT2D eigenvalue weighted by Crippen LogP contribution is 2.11. The zero-order valence-corrected chi connectivity index (χ0v) is 13.9. The first-order chi connectivity index (χ1) is 12.8. The number of carbonyl (C=O) groups is 1. The summed E-state index contributed by atoms with van der Waals surface area (Å²) in [6, 6.07) is 17.4. The minimum Gasteiger partial charge on any atom is -0.321 e. The van der Waals surface area contributed by atoms with Gasteiger partial charge in [0.25, 0.3) is 5.91 Å². The smallest absolute Gasteiger partial charge is 0.260 e. The molecule has 0 saturated carbocycles. The molecule has 0 atom stereocenters.